The van der Waals surface area contributed by atoms with E-state index in [2.05, 4.69) is 16.1 Å². The van der Waals surface area contributed by atoms with Crippen LogP contribution in [-0.2, 0) is 6.54 Å². The summed E-state index contributed by atoms with van der Waals surface area (Å²) in [6.45, 7) is 6.67. The largest absolute Gasteiger partial charge is 0.320 e. The van der Waals surface area contributed by atoms with E-state index in [4.69, 9.17) is 0 Å². The van der Waals surface area contributed by atoms with Gasteiger partial charge in [0.1, 0.15) is 11.6 Å². The molecule has 3 aromatic rings. The van der Waals surface area contributed by atoms with Gasteiger partial charge in [0, 0.05) is 12.1 Å². The van der Waals surface area contributed by atoms with Crippen LogP contribution in [0.1, 0.15) is 6.92 Å². The van der Waals surface area contributed by atoms with Crippen molar-refractivity contribution >= 4 is 11.0 Å². The molecule has 3 heteroatoms. The van der Waals surface area contributed by atoms with Crippen molar-refractivity contribution in [3.63, 3.8) is 0 Å². The van der Waals surface area contributed by atoms with Gasteiger partial charge < -0.3 is 4.57 Å². The number of fused-ring (bicyclic) bond motifs is 1. The molecule has 2 aromatic carbocycles. The Morgan fingerprint density at radius 3 is 2.55 bits per heavy atom. The number of hydrogen-bond donors (Lipinski definition) is 0. The summed E-state index contributed by atoms with van der Waals surface area (Å²) in [6, 6.07) is 14.4. The van der Waals surface area contributed by atoms with E-state index in [1.54, 1.807) is 12.1 Å². The van der Waals surface area contributed by atoms with Gasteiger partial charge in [-0.15, -0.1) is 0 Å². The number of aromatic nitrogens is 2. The molecule has 0 bridgehead atoms. The third-order valence-electron chi connectivity index (χ3n) is 3.19. The zero-order chi connectivity index (χ0) is 14.1. The SMILES string of the molecule is C=C(C)Cn1c(-c2ccc(F)cc2)nc2ccccc21. The second kappa shape index (κ2) is 4.93. The summed E-state index contributed by atoms with van der Waals surface area (Å²) in [5, 5.41) is 0. The van der Waals surface area contributed by atoms with Gasteiger partial charge in [-0.25, -0.2) is 9.37 Å². The highest BCUT2D eigenvalue weighted by atomic mass is 19.1. The molecule has 0 aliphatic carbocycles. The van der Waals surface area contributed by atoms with Crippen molar-refractivity contribution in [3.8, 4) is 11.4 Å². The van der Waals surface area contributed by atoms with Crippen molar-refractivity contribution in [1.82, 2.24) is 9.55 Å². The van der Waals surface area contributed by atoms with Crippen molar-refractivity contribution in [2.24, 2.45) is 0 Å². The first kappa shape index (κ1) is 12.6. The predicted octanol–water partition coefficient (Wildman–Crippen LogP) is 4.42. The summed E-state index contributed by atoms with van der Waals surface area (Å²) < 4.78 is 15.2. The second-order valence-corrected chi connectivity index (χ2v) is 4.97. The number of benzene rings is 2. The molecule has 0 radical (unpaired) electrons. The third-order valence-corrected chi connectivity index (χ3v) is 3.19. The zero-order valence-electron chi connectivity index (χ0n) is 11.3. The number of rotatable bonds is 3. The summed E-state index contributed by atoms with van der Waals surface area (Å²) in [6.07, 6.45) is 0. The molecular formula is C17H15FN2. The molecule has 0 aliphatic rings. The summed E-state index contributed by atoms with van der Waals surface area (Å²) >= 11 is 0. The fourth-order valence-corrected chi connectivity index (χ4v) is 2.32. The predicted molar refractivity (Wildman–Crippen MR) is 79.9 cm³/mol. The minimum atomic E-state index is -0.240. The normalized spacial score (nSPS) is 10.9. The van der Waals surface area contributed by atoms with Gasteiger partial charge in [0.25, 0.3) is 0 Å². The molecule has 100 valence electrons. The van der Waals surface area contributed by atoms with Crippen LogP contribution in [0.4, 0.5) is 4.39 Å². The molecule has 0 amide bonds. The minimum Gasteiger partial charge on any atom is -0.320 e. The fourth-order valence-electron chi connectivity index (χ4n) is 2.32. The van der Waals surface area contributed by atoms with Crippen LogP contribution in [0.25, 0.3) is 22.4 Å². The third kappa shape index (κ3) is 2.23. The first-order valence-electron chi connectivity index (χ1n) is 6.51. The van der Waals surface area contributed by atoms with Crippen LogP contribution < -0.4 is 0 Å². The van der Waals surface area contributed by atoms with E-state index in [0.29, 0.717) is 6.54 Å². The van der Waals surface area contributed by atoms with Gasteiger partial charge in [-0.1, -0.05) is 24.3 Å². The molecule has 0 N–H and O–H groups in total. The summed E-state index contributed by atoms with van der Waals surface area (Å²) in [7, 11) is 0. The van der Waals surface area contributed by atoms with Crippen LogP contribution >= 0.6 is 0 Å². The highest BCUT2D eigenvalue weighted by Crippen LogP contribution is 2.25. The number of para-hydroxylation sites is 2. The van der Waals surface area contributed by atoms with E-state index >= 15 is 0 Å². The van der Waals surface area contributed by atoms with Crippen molar-refractivity contribution in [2.75, 3.05) is 0 Å². The van der Waals surface area contributed by atoms with Gasteiger partial charge in [-0.3, -0.25) is 0 Å². The Balaban J connectivity index is 2.23. The molecule has 0 unspecified atom stereocenters. The van der Waals surface area contributed by atoms with Crippen LogP contribution in [0.2, 0.25) is 0 Å². The Labute approximate surface area is 117 Å². The Kier molecular flexibility index (Phi) is 3.11. The Morgan fingerprint density at radius 2 is 1.85 bits per heavy atom. The van der Waals surface area contributed by atoms with E-state index in [0.717, 1.165) is 28.0 Å². The van der Waals surface area contributed by atoms with Crippen LogP contribution in [0, 0.1) is 5.82 Å². The molecule has 2 nitrogen and oxygen atoms in total. The molecule has 1 aromatic heterocycles. The zero-order valence-corrected chi connectivity index (χ0v) is 11.3. The first-order valence-corrected chi connectivity index (χ1v) is 6.51. The molecule has 0 atom stereocenters. The van der Waals surface area contributed by atoms with Crippen LogP contribution in [-0.4, -0.2) is 9.55 Å². The Morgan fingerprint density at radius 1 is 1.15 bits per heavy atom. The number of halogens is 1. The van der Waals surface area contributed by atoms with Gasteiger partial charge in [-0.2, -0.15) is 0 Å². The van der Waals surface area contributed by atoms with Crippen molar-refractivity contribution < 1.29 is 4.39 Å². The van der Waals surface area contributed by atoms with E-state index < -0.39 is 0 Å². The number of imidazole rings is 1. The lowest BCUT2D eigenvalue weighted by molar-refractivity contribution is 0.628. The quantitative estimate of drug-likeness (QED) is 0.642. The molecule has 0 aliphatic heterocycles. The number of nitrogens with zero attached hydrogens (tertiary/aromatic N) is 2. The van der Waals surface area contributed by atoms with Gasteiger partial charge >= 0.3 is 0 Å². The van der Waals surface area contributed by atoms with Crippen molar-refractivity contribution in [3.05, 3.63) is 66.5 Å². The summed E-state index contributed by atoms with van der Waals surface area (Å²) in [5.74, 6) is 0.602. The molecule has 0 fully saturated rings. The molecule has 3 rings (SSSR count). The number of allylic oxidation sites excluding steroid dienone is 1. The summed E-state index contributed by atoms with van der Waals surface area (Å²) in [5.41, 5.74) is 3.96. The van der Waals surface area contributed by atoms with Gasteiger partial charge in [-0.05, 0) is 43.3 Å². The molecular weight excluding hydrogens is 251 g/mol. The molecule has 0 saturated heterocycles. The first-order chi connectivity index (χ1) is 9.65. The lowest BCUT2D eigenvalue weighted by Gasteiger charge is -2.09. The van der Waals surface area contributed by atoms with Crippen LogP contribution in [0.5, 0.6) is 0 Å². The molecule has 1 heterocycles. The minimum absolute atomic E-state index is 0.240. The Bertz CT molecular complexity index is 769. The fraction of sp³-hybridized carbons (Fsp3) is 0.118. The average molecular weight is 266 g/mol. The monoisotopic (exact) mass is 266 g/mol. The van der Waals surface area contributed by atoms with E-state index in [1.165, 1.54) is 12.1 Å². The van der Waals surface area contributed by atoms with Gasteiger partial charge in [0.05, 0.1) is 11.0 Å². The van der Waals surface area contributed by atoms with Crippen LogP contribution in [0.15, 0.2) is 60.7 Å². The lowest BCUT2D eigenvalue weighted by atomic mass is 10.2. The van der Waals surface area contributed by atoms with E-state index in [1.807, 2.05) is 31.2 Å². The lowest BCUT2D eigenvalue weighted by Crippen LogP contribution is -2.01. The van der Waals surface area contributed by atoms with Gasteiger partial charge in [0.2, 0.25) is 0 Å². The molecule has 0 saturated carbocycles. The topological polar surface area (TPSA) is 17.8 Å². The second-order valence-electron chi connectivity index (χ2n) is 4.97. The smallest absolute Gasteiger partial charge is 0.141 e. The van der Waals surface area contributed by atoms with Crippen molar-refractivity contribution in [1.29, 1.82) is 0 Å². The standard InChI is InChI=1S/C17H15FN2/c1-12(2)11-20-16-6-4-3-5-15(16)19-17(20)13-7-9-14(18)10-8-13/h3-10H,1,11H2,2H3. The van der Waals surface area contributed by atoms with E-state index in [9.17, 15) is 4.39 Å². The maximum Gasteiger partial charge on any atom is 0.141 e. The molecule has 20 heavy (non-hydrogen) atoms. The van der Waals surface area contributed by atoms with Crippen molar-refractivity contribution in [2.45, 2.75) is 13.5 Å². The van der Waals surface area contributed by atoms with E-state index in [-0.39, 0.29) is 5.82 Å². The highest BCUT2D eigenvalue weighted by Gasteiger charge is 2.12. The maximum atomic E-state index is 13.1. The highest BCUT2D eigenvalue weighted by molar-refractivity contribution is 5.80. The van der Waals surface area contributed by atoms with Crippen LogP contribution in [0.3, 0.4) is 0 Å². The summed E-state index contributed by atoms with van der Waals surface area (Å²) in [4.78, 5) is 4.67. The molecule has 0 spiro atoms. The maximum absolute atomic E-state index is 13.1. The number of hydrogen-bond acceptors (Lipinski definition) is 1. The average Bonchev–Trinajstić information content (AvgIpc) is 2.78. The van der Waals surface area contributed by atoms with Gasteiger partial charge in [0.15, 0.2) is 0 Å². The Hall–Kier alpha value is -2.42.